The molecule has 0 aliphatic carbocycles. The number of methoxy groups -OCH3 is 1. The second-order valence-corrected chi connectivity index (χ2v) is 5.06. The van der Waals surface area contributed by atoms with Crippen LogP contribution >= 0.6 is 12.4 Å². The Kier molecular flexibility index (Phi) is 6.42. The van der Waals surface area contributed by atoms with E-state index < -0.39 is 11.7 Å². The number of amides is 1. The summed E-state index contributed by atoms with van der Waals surface area (Å²) in [6.45, 7) is 5.95. The molecule has 0 unspecified atom stereocenters. The predicted octanol–water partition coefficient (Wildman–Crippen LogP) is 0.836. The fourth-order valence-electron chi connectivity index (χ4n) is 1.64. The van der Waals surface area contributed by atoms with Crippen molar-refractivity contribution in [2.75, 3.05) is 13.7 Å². The number of ether oxygens (including phenoxy) is 2. The first-order chi connectivity index (χ1) is 7.81. The molecule has 2 N–H and O–H groups in total. The Bertz CT molecular complexity index is 304. The van der Waals surface area contributed by atoms with Gasteiger partial charge in [-0.05, 0) is 27.2 Å². The zero-order valence-corrected chi connectivity index (χ0v) is 11.9. The first-order valence-corrected chi connectivity index (χ1v) is 5.62. The fraction of sp³-hybridized carbons (Fsp3) is 0.818. The van der Waals surface area contributed by atoms with E-state index in [0.29, 0.717) is 13.0 Å². The summed E-state index contributed by atoms with van der Waals surface area (Å²) in [5.74, 6) is -0.307. The van der Waals surface area contributed by atoms with Crippen LogP contribution < -0.4 is 10.6 Å². The first kappa shape index (κ1) is 17.0. The van der Waals surface area contributed by atoms with Gasteiger partial charge < -0.3 is 20.1 Å². The average Bonchev–Trinajstić information content (AvgIpc) is 2.62. The van der Waals surface area contributed by atoms with Gasteiger partial charge in [0.1, 0.15) is 11.6 Å². The van der Waals surface area contributed by atoms with E-state index in [0.717, 1.165) is 0 Å². The van der Waals surface area contributed by atoms with Crippen molar-refractivity contribution >= 4 is 24.5 Å². The van der Waals surface area contributed by atoms with Gasteiger partial charge in [-0.2, -0.15) is 0 Å². The summed E-state index contributed by atoms with van der Waals surface area (Å²) in [4.78, 5) is 22.7. The average molecular weight is 281 g/mol. The highest BCUT2D eigenvalue weighted by molar-refractivity contribution is 5.85. The van der Waals surface area contributed by atoms with Crippen molar-refractivity contribution in [2.45, 2.75) is 44.9 Å². The van der Waals surface area contributed by atoms with Gasteiger partial charge in [0.2, 0.25) is 0 Å². The predicted molar refractivity (Wildman–Crippen MR) is 68.8 cm³/mol. The van der Waals surface area contributed by atoms with Crippen LogP contribution in [0, 0.1) is 0 Å². The second-order valence-electron chi connectivity index (χ2n) is 5.06. The molecule has 1 heterocycles. The molecular weight excluding hydrogens is 260 g/mol. The van der Waals surface area contributed by atoms with Crippen molar-refractivity contribution in [3.05, 3.63) is 0 Å². The Balaban J connectivity index is 0.00000289. The molecule has 18 heavy (non-hydrogen) atoms. The zero-order valence-electron chi connectivity index (χ0n) is 11.1. The molecule has 1 saturated heterocycles. The lowest BCUT2D eigenvalue weighted by Crippen LogP contribution is -2.40. The van der Waals surface area contributed by atoms with Crippen LogP contribution in [0.2, 0.25) is 0 Å². The van der Waals surface area contributed by atoms with Gasteiger partial charge in [-0.3, -0.25) is 4.79 Å². The Labute approximate surface area is 113 Å². The molecule has 0 aromatic rings. The molecule has 2 atom stereocenters. The first-order valence-electron chi connectivity index (χ1n) is 5.62. The summed E-state index contributed by atoms with van der Waals surface area (Å²) < 4.78 is 9.75. The van der Waals surface area contributed by atoms with Gasteiger partial charge in [-0.15, -0.1) is 12.4 Å². The number of carbonyl (C=O) groups excluding carboxylic acids is 2. The normalized spacial score (nSPS) is 22.9. The maximum absolute atomic E-state index is 11.5. The number of carbonyl (C=O) groups is 2. The Hall–Kier alpha value is -1.01. The van der Waals surface area contributed by atoms with Gasteiger partial charge in [0.15, 0.2) is 0 Å². The van der Waals surface area contributed by atoms with Crippen molar-refractivity contribution in [2.24, 2.45) is 0 Å². The molecule has 1 aliphatic heterocycles. The van der Waals surface area contributed by atoms with E-state index in [4.69, 9.17) is 4.74 Å². The molecule has 1 aliphatic rings. The number of hydrogen-bond acceptors (Lipinski definition) is 5. The molecule has 6 nitrogen and oxygen atoms in total. The number of nitrogens with one attached hydrogen (secondary N) is 2. The van der Waals surface area contributed by atoms with Crippen LogP contribution in [0.4, 0.5) is 4.79 Å². The van der Waals surface area contributed by atoms with Crippen LogP contribution in [0.5, 0.6) is 0 Å². The second kappa shape index (κ2) is 6.80. The molecule has 106 valence electrons. The molecule has 1 amide bonds. The number of halogens is 1. The minimum Gasteiger partial charge on any atom is -0.468 e. The molecule has 0 aromatic heterocycles. The topological polar surface area (TPSA) is 76.7 Å². The quantitative estimate of drug-likeness (QED) is 0.733. The van der Waals surface area contributed by atoms with E-state index in [1.54, 1.807) is 20.8 Å². The Morgan fingerprint density at radius 3 is 2.44 bits per heavy atom. The van der Waals surface area contributed by atoms with Crippen LogP contribution in [0.3, 0.4) is 0 Å². The zero-order chi connectivity index (χ0) is 13.1. The van der Waals surface area contributed by atoms with Crippen molar-refractivity contribution in [1.82, 2.24) is 10.6 Å². The van der Waals surface area contributed by atoms with Crippen LogP contribution in [0.25, 0.3) is 0 Å². The van der Waals surface area contributed by atoms with Crippen molar-refractivity contribution in [3.63, 3.8) is 0 Å². The monoisotopic (exact) mass is 280 g/mol. The molecule has 1 fully saturated rings. The lowest BCUT2D eigenvalue weighted by Gasteiger charge is -2.21. The van der Waals surface area contributed by atoms with Gasteiger partial charge in [0, 0.05) is 12.6 Å². The maximum atomic E-state index is 11.5. The summed E-state index contributed by atoms with van der Waals surface area (Å²) in [6, 6.07) is -0.450. The summed E-state index contributed by atoms with van der Waals surface area (Å²) >= 11 is 0. The van der Waals surface area contributed by atoms with E-state index >= 15 is 0 Å². The van der Waals surface area contributed by atoms with Crippen LogP contribution in [-0.4, -0.2) is 43.4 Å². The molecule has 0 bridgehead atoms. The molecule has 0 radical (unpaired) electrons. The van der Waals surface area contributed by atoms with E-state index in [2.05, 4.69) is 15.4 Å². The minimum absolute atomic E-state index is 0. The highest BCUT2D eigenvalue weighted by atomic mass is 35.5. The van der Waals surface area contributed by atoms with Crippen LogP contribution in [0.1, 0.15) is 27.2 Å². The number of alkyl carbamates (subject to hydrolysis) is 1. The molecule has 7 heteroatoms. The van der Waals surface area contributed by atoms with E-state index in [9.17, 15) is 9.59 Å². The largest absolute Gasteiger partial charge is 0.468 e. The van der Waals surface area contributed by atoms with Gasteiger partial charge >= 0.3 is 12.1 Å². The van der Waals surface area contributed by atoms with Crippen molar-refractivity contribution in [1.29, 1.82) is 0 Å². The highest BCUT2D eigenvalue weighted by Gasteiger charge is 2.31. The van der Waals surface area contributed by atoms with Crippen molar-refractivity contribution in [3.8, 4) is 0 Å². The van der Waals surface area contributed by atoms with Gasteiger partial charge in [-0.1, -0.05) is 0 Å². The molecule has 0 spiro atoms. The summed E-state index contributed by atoms with van der Waals surface area (Å²) in [6.07, 6.45) is 0.0566. The smallest absolute Gasteiger partial charge is 0.407 e. The number of hydrogen-bond donors (Lipinski definition) is 2. The van der Waals surface area contributed by atoms with Crippen LogP contribution in [-0.2, 0) is 14.3 Å². The maximum Gasteiger partial charge on any atom is 0.407 e. The molecule has 0 saturated carbocycles. The lowest BCUT2D eigenvalue weighted by atomic mass is 10.2. The Morgan fingerprint density at radius 2 is 1.94 bits per heavy atom. The number of rotatable bonds is 2. The van der Waals surface area contributed by atoms with Gasteiger partial charge in [0.25, 0.3) is 0 Å². The molecular formula is C11H21ClN2O4. The number of esters is 1. The van der Waals surface area contributed by atoms with Gasteiger partial charge in [0.05, 0.1) is 7.11 Å². The molecule has 1 rings (SSSR count). The van der Waals surface area contributed by atoms with Crippen molar-refractivity contribution < 1.29 is 19.1 Å². The Morgan fingerprint density at radius 1 is 1.33 bits per heavy atom. The third kappa shape index (κ3) is 5.55. The highest BCUT2D eigenvalue weighted by Crippen LogP contribution is 2.10. The molecule has 0 aromatic carbocycles. The minimum atomic E-state index is -0.516. The fourth-order valence-corrected chi connectivity index (χ4v) is 1.64. The summed E-state index contributed by atoms with van der Waals surface area (Å²) in [7, 11) is 1.35. The van der Waals surface area contributed by atoms with E-state index in [-0.39, 0.29) is 30.5 Å². The third-order valence-electron chi connectivity index (χ3n) is 2.34. The van der Waals surface area contributed by atoms with E-state index in [1.165, 1.54) is 7.11 Å². The SMILES string of the molecule is COC(=O)[C@@H]1C[C@@H](NC(=O)OC(C)(C)C)CN1.Cl. The van der Waals surface area contributed by atoms with E-state index in [1.807, 2.05) is 0 Å². The lowest BCUT2D eigenvalue weighted by molar-refractivity contribution is -0.142. The summed E-state index contributed by atoms with van der Waals surface area (Å²) in [5, 5.41) is 5.69. The van der Waals surface area contributed by atoms with Gasteiger partial charge in [-0.25, -0.2) is 4.79 Å². The standard InChI is InChI=1S/C11H20N2O4.ClH/c1-11(2,3)17-10(15)13-7-5-8(12-6-7)9(14)16-4;/h7-8,12H,5-6H2,1-4H3,(H,13,15);1H/t7-,8+;/m1./s1. The van der Waals surface area contributed by atoms with Crippen LogP contribution in [0.15, 0.2) is 0 Å². The summed E-state index contributed by atoms with van der Waals surface area (Å²) in [5.41, 5.74) is -0.516. The third-order valence-corrected chi connectivity index (χ3v) is 2.34.